The van der Waals surface area contributed by atoms with Gasteiger partial charge in [-0.1, -0.05) is 6.07 Å². The highest BCUT2D eigenvalue weighted by Gasteiger charge is 2.30. The largest absolute Gasteiger partial charge is 0.474 e. The van der Waals surface area contributed by atoms with Gasteiger partial charge in [-0.05, 0) is 31.0 Å². The molecule has 0 saturated carbocycles. The predicted octanol–water partition coefficient (Wildman–Crippen LogP) is 1.85. The highest BCUT2D eigenvalue weighted by atomic mass is 32.2. The fraction of sp³-hybridized carbons (Fsp3) is 0.333. The van der Waals surface area contributed by atoms with E-state index in [1.165, 1.54) is 28.8 Å². The van der Waals surface area contributed by atoms with Crippen LogP contribution in [0.3, 0.4) is 0 Å². The molecule has 1 aliphatic heterocycles. The number of piperidine rings is 1. The molecule has 1 saturated heterocycles. The molecule has 2 heterocycles. The van der Waals surface area contributed by atoms with Crippen LogP contribution in [0.15, 0.2) is 47.8 Å². The Bertz CT molecular complexity index is 763. The Morgan fingerprint density at radius 1 is 1.22 bits per heavy atom. The van der Waals surface area contributed by atoms with Gasteiger partial charge < -0.3 is 4.74 Å². The van der Waals surface area contributed by atoms with Crippen molar-refractivity contribution in [1.82, 2.24) is 14.3 Å². The molecule has 0 atom stereocenters. The Morgan fingerprint density at radius 3 is 2.65 bits per heavy atom. The molecular formula is C15H16FN3O3S. The third-order valence-electron chi connectivity index (χ3n) is 3.68. The molecule has 0 aliphatic carbocycles. The van der Waals surface area contributed by atoms with Crippen LogP contribution in [0.25, 0.3) is 0 Å². The van der Waals surface area contributed by atoms with Crippen molar-refractivity contribution in [1.29, 1.82) is 0 Å². The van der Waals surface area contributed by atoms with Crippen molar-refractivity contribution in [3.8, 4) is 5.88 Å². The number of benzene rings is 1. The Labute approximate surface area is 134 Å². The summed E-state index contributed by atoms with van der Waals surface area (Å²) in [6.07, 6.45) is 4.01. The zero-order valence-electron chi connectivity index (χ0n) is 12.3. The third-order valence-corrected chi connectivity index (χ3v) is 5.57. The van der Waals surface area contributed by atoms with E-state index >= 15 is 0 Å². The van der Waals surface area contributed by atoms with Crippen LogP contribution in [0, 0.1) is 5.82 Å². The number of sulfonamides is 1. The lowest BCUT2D eigenvalue weighted by atomic mass is 10.1. The van der Waals surface area contributed by atoms with Crippen molar-refractivity contribution in [2.24, 2.45) is 0 Å². The first-order valence-electron chi connectivity index (χ1n) is 7.24. The van der Waals surface area contributed by atoms with E-state index in [-0.39, 0.29) is 11.0 Å². The van der Waals surface area contributed by atoms with Crippen molar-refractivity contribution in [3.05, 3.63) is 48.7 Å². The topological polar surface area (TPSA) is 72.4 Å². The maximum atomic E-state index is 13.3. The number of hydrogen-bond donors (Lipinski definition) is 0. The summed E-state index contributed by atoms with van der Waals surface area (Å²) in [6.45, 7) is 0.656. The molecule has 0 bridgehead atoms. The average Bonchev–Trinajstić information content (AvgIpc) is 2.56. The van der Waals surface area contributed by atoms with Gasteiger partial charge in [0.2, 0.25) is 15.9 Å². The minimum Gasteiger partial charge on any atom is -0.474 e. The van der Waals surface area contributed by atoms with Crippen molar-refractivity contribution in [2.45, 2.75) is 23.8 Å². The molecule has 3 rings (SSSR count). The molecule has 1 aromatic heterocycles. The molecule has 6 nitrogen and oxygen atoms in total. The molecule has 8 heteroatoms. The van der Waals surface area contributed by atoms with Crippen molar-refractivity contribution < 1.29 is 17.5 Å². The van der Waals surface area contributed by atoms with Gasteiger partial charge in [0.1, 0.15) is 18.2 Å². The zero-order chi connectivity index (χ0) is 16.3. The summed E-state index contributed by atoms with van der Waals surface area (Å²) in [7, 11) is -3.67. The lowest BCUT2D eigenvalue weighted by Gasteiger charge is -2.31. The van der Waals surface area contributed by atoms with Gasteiger partial charge in [0.15, 0.2) is 0 Å². The predicted molar refractivity (Wildman–Crippen MR) is 80.8 cm³/mol. The maximum Gasteiger partial charge on any atom is 0.243 e. The second-order valence-corrected chi connectivity index (χ2v) is 7.16. The zero-order valence-corrected chi connectivity index (χ0v) is 13.1. The van der Waals surface area contributed by atoms with Crippen LogP contribution in [0.5, 0.6) is 5.88 Å². The van der Waals surface area contributed by atoms with Gasteiger partial charge in [-0.15, -0.1) is 0 Å². The lowest BCUT2D eigenvalue weighted by molar-refractivity contribution is 0.129. The van der Waals surface area contributed by atoms with Gasteiger partial charge >= 0.3 is 0 Å². The minimum absolute atomic E-state index is 0.0207. The fourth-order valence-electron chi connectivity index (χ4n) is 2.49. The molecule has 1 aliphatic rings. The van der Waals surface area contributed by atoms with Gasteiger partial charge in [-0.2, -0.15) is 4.31 Å². The molecule has 0 unspecified atom stereocenters. The van der Waals surface area contributed by atoms with Gasteiger partial charge in [0, 0.05) is 25.4 Å². The third kappa shape index (κ3) is 3.65. The van der Waals surface area contributed by atoms with Crippen LogP contribution in [0.4, 0.5) is 4.39 Å². The SMILES string of the molecule is O=S(=O)(c1cccc(F)c1)N1CCC(Oc2ccncn2)CC1. The number of rotatable bonds is 4. The summed E-state index contributed by atoms with van der Waals surface area (Å²) in [5, 5.41) is 0. The van der Waals surface area contributed by atoms with Crippen LogP contribution in [0.1, 0.15) is 12.8 Å². The lowest BCUT2D eigenvalue weighted by Crippen LogP contribution is -2.41. The van der Waals surface area contributed by atoms with Gasteiger partial charge in [-0.3, -0.25) is 0 Å². The van der Waals surface area contributed by atoms with E-state index < -0.39 is 15.8 Å². The normalized spacial score (nSPS) is 17.1. The Hall–Kier alpha value is -2.06. The van der Waals surface area contributed by atoms with E-state index in [4.69, 9.17) is 4.74 Å². The van der Waals surface area contributed by atoms with E-state index in [9.17, 15) is 12.8 Å². The van der Waals surface area contributed by atoms with Crippen molar-refractivity contribution in [2.75, 3.05) is 13.1 Å². The Morgan fingerprint density at radius 2 is 2.00 bits per heavy atom. The van der Waals surface area contributed by atoms with Gasteiger partial charge in [-0.25, -0.2) is 22.8 Å². The first-order valence-corrected chi connectivity index (χ1v) is 8.68. The van der Waals surface area contributed by atoms with E-state index in [1.54, 1.807) is 12.3 Å². The molecule has 122 valence electrons. The second-order valence-electron chi connectivity index (χ2n) is 5.23. The summed E-state index contributed by atoms with van der Waals surface area (Å²) >= 11 is 0. The quantitative estimate of drug-likeness (QED) is 0.851. The van der Waals surface area contributed by atoms with Crippen LogP contribution in [-0.4, -0.2) is 41.9 Å². The summed E-state index contributed by atoms with van der Waals surface area (Å²) in [5.74, 6) is -0.0838. The number of nitrogens with zero attached hydrogens (tertiary/aromatic N) is 3. The minimum atomic E-state index is -3.67. The van der Waals surface area contributed by atoms with Gasteiger partial charge in [0.25, 0.3) is 0 Å². The number of aromatic nitrogens is 2. The summed E-state index contributed by atoms with van der Waals surface area (Å²) in [4.78, 5) is 7.78. The van der Waals surface area contributed by atoms with Crippen LogP contribution < -0.4 is 4.74 Å². The number of hydrogen-bond acceptors (Lipinski definition) is 5. The number of ether oxygens (including phenoxy) is 1. The highest BCUT2D eigenvalue weighted by Crippen LogP contribution is 2.23. The number of halogens is 1. The first kappa shape index (κ1) is 15.8. The standard InChI is InChI=1S/C15H16FN3O3S/c16-12-2-1-3-14(10-12)23(20,21)19-8-5-13(6-9-19)22-15-4-7-17-11-18-15/h1-4,7,10-11,13H,5-6,8-9H2. The molecule has 0 radical (unpaired) electrons. The average molecular weight is 337 g/mol. The maximum absolute atomic E-state index is 13.3. The highest BCUT2D eigenvalue weighted by molar-refractivity contribution is 7.89. The van der Waals surface area contributed by atoms with Crippen molar-refractivity contribution >= 4 is 10.0 Å². The molecule has 1 fully saturated rings. The second kappa shape index (κ2) is 6.59. The van der Waals surface area contributed by atoms with Crippen LogP contribution >= 0.6 is 0 Å². The van der Waals surface area contributed by atoms with Crippen LogP contribution in [-0.2, 0) is 10.0 Å². The monoisotopic (exact) mass is 337 g/mol. The van der Waals surface area contributed by atoms with E-state index in [2.05, 4.69) is 9.97 Å². The van der Waals surface area contributed by atoms with E-state index in [0.29, 0.717) is 31.8 Å². The van der Waals surface area contributed by atoms with Crippen LogP contribution in [0.2, 0.25) is 0 Å². The summed E-state index contributed by atoms with van der Waals surface area (Å²) in [5.41, 5.74) is 0. The molecule has 1 aromatic carbocycles. The Balaban J connectivity index is 1.64. The molecular weight excluding hydrogens is 321 g/mol. The van der Waals surface area contributed by atoms with E-state index in [1.807, 2.05) is 0 Å². The van der Waals surface area contributed by atoms with Gasteiger partial charge in [0.05, 0.1) is 4.90 Å². The smallest absolute Gasteiger partial charge is 0.243 e. The Kier molecular flexibility index (Phi) is 4.53. The first-order chi connectivity index (χ1) is 11.1. The molecule has 0 spiro atoms. The summed E-state index contributed by atoms with van der Waals surface area (Å²) < 4.78 is 45.3. The fourth-order valence-corrected chi connectivity index (χ4v) is 3.99. The molecule has 0 N–H and O–H groups in total. The molecule has 0 amide bonds. The van der Waals surface area contributed by atoms with E-state index in [0.717, 1.165) is 6.07 Å². The van der Waals surface area contributed by atoms with Crippen molar-refractivity contribution in [3.63, 3.8) is 0 Å². The summed E-state index contributed by atoms with van der Waals surface area (Å²) in [6, 6.07) is 6.73. The molecule has 2 aromatic rings. The molecule has 23 heavy (non-hydrogen) atoms.